The molecule has 1 aliphatic carbocycles. The molecule has 6 rings (SSSR count). The highest BCUT2D eigenvalue weighted by Gasteiger charge is 2.34. The fourth-order valence-electron chi connectivity index (χ4n) is 5.55. The summed E-state index contributed by atoms with van der Waals surface area (Å²) >= 11 is 12.7. The molecule has 4 aromatic rings. The summed E-state index contributed by atoms with van der Waals surface area (Å²) in [6.07, 6.45) is 12.6. The summed E-state index contributed by atoms with van der Waals surface area (Å²) in [5, 5.41) is 0.958. The molecule has 0 atom stereocenters. The Balaban J connectivity index is 1.32. The molecule has 5 N–H and O–H groups in total. The fourth-order valence-corrected chi connectivity index (χ4v) is 7.20. The SMILES string of the molecule is N/C(=C\C=C(/N)c1ccc(Cc2nc(-c3ccc(Cl)cc3Cl)cn2-c2cccc(N3CC(=O)NS3(=O)=O)c2)cc1)C1=CCCCC1. The van der Waals surface area contributed by atoms with Crippen LogP contribution in [0.2, 0.25) is 10.0 Å². The fraction of sp³-hybridized carbons (Fsp3) is 0.176. The van der Waals surface area contributed by atoms with Crippen molar-refractivity contribution in [1.29, 1.82) is 0 Å². The minimum absolute atomic E-state index is 0.293. The smallest absolute Gasteiger partial charge is 0.326 e. The lowest BCUT2D eigenvalue weighted by atomic mass is 9.97. The van der Waals surface area contributed by atoms with Gasteiger partial charge < -0.3 is 16.0 Å². The van der Waals surface area contributed by atoms with Gasteiger partial charge in [-0.2, -0.15) is 8.42 Å². The summed E-state index contributed by atoms with van der Waals surface area (Å²) in [6, 6.07) is 20.0. The second-order valence-electron chi connectivity index (χ2n) is 11.2. The topological polar surface area (TPSA) is 136 Å². The van der Waals surface area contributed by atoms with Crippen LogP contribution in [0.4, 0.5) is 5.69 Å². The van der Waals surface area contributed by atoms with E-state index in [1.54, 1.807) is 30.3 Å². The van der Waals surface area contributed by atoms with E-state index in [4.69, 9.17) is 39.7 Å². The molecule has 1 aliphatic heterocycles. The number of amides is 1. The lowest BCUT2D eigenvalue weighted by molar-refractivity contribution is -0.117. The van der Waals surface area contributed by atoms with Crippen LogP contribution in [0.1, 0.15) is 42.6 Å². The number of hydrogen-bond acceptors (Lipinski definition) is 6. The van der Waals surface area contributed by atoms with Gasteiger partial charge in [0.15, 0.2) is 0 Å². The van der Waals surface area contributed by atoms with Crippen LogP contribution in [0.25, 0.3) is 22.6 Å². The maximum atomic E-state index is 12.5. The van der Waals surface area contributed by atoms with Crippen LogP contribution in [0.15, 0.2) is 102 Å². The van der Waals surface area contributed by atoms with Gasteiger partial charge in [0.2, 0.25) is 0 Å². The first-order chi connectivity index (χ1) is 22.1. The molecule has 236 valence electrons. The molecule has 1 saturated heterocycles. The van der Waals surface area contributed by atoms with Crippen molar-refractivity contribution < 1.29 is 13.2 Å². The number of benzene rings is 3. The predicted octanol–water partition coefficient (Wildman–Crippen LogP) is 6.26. The molecule has 2 aliphatic rings. The highest BCUT2D eigenvalue weighted by atomic mass is 35.5. The number of nitrogens with one attached hydrogen (secondary N) is 1. The second-order valence-corrected chi connectivity index (χ2v) is 13.6. The Morgan fingerprint density at radius 1 is 0.957 bits per heavy atom. The van der Waals surface area contributed by atoms with Crippen molar-refractivity contribution in [3.05, 3.63) is 129 Å². The molecule has 0 saturated carbocycles. The first-order valence-electron chi connectivity index (χ1n) is 14.8. The van der Waals surface area contributed by atoms with Crippen LogP contribution in [0.3, 0.4) is 0 Å². The van der Waals surface area contributed by atoms with Crippen molar-refractivity contribution in [2.75, 3.05) is 10.8 Å². The minimum atomic E-state index is -3.97. The zero-order chi connectivity index (χ0) is 32.4. The van der Waals surface area contributed by atoms with E-state index in [0.717, 1.165) is 40.4 Å². The first kappa shape index (κ1) is 31.5. The third kappa shape index (κ3) is 6.84. The van der Waals surface area contributed by atoms with Crippen LogP contribution < -0.4 is 20.5 Å². The number of rotatable bonds is 8. The third-order valence-electron chi connectivity index (χ3n) is 7.96. The van der Waals surface area contributed by atoms with Gasteiger partial charge in [0.05, 0.1) is 16.4 Å². The lowest BCUT2D eigenvalue weighted by Crippen LogP contribution is -2.29. The van der Waals surface area contributed by atoms with Gasteiger partial charge in [-0.3, -0.25) is 4.79 Å². The molecule has 9 nitrogen and oxygen atoms in total. The van der Waals surface area contributed by atoms with Crippen LogP contribution in [-0.4, -0.2) is 30.4 Å². The number of allylic oxidation sites excluding steroid dienone is 4. The number of aromatic nitrogens is 2. The van der Waals surface area contributed by atoms with E-state index < -0.39 is 16.1 Å². The highest BCUT2D eigenvalue weighted by molar-refractivity contribution is 7.92. The maximum Gasteiger partial charge on any atom is 0.326 e. The Bertz CT molecular complexity index is 2020. The van der Waals surface area contributed by atoms with Crippen molar-refractivity contribution in [1.82, 2.24) is 14.3 Å². The number of imidazole rings is 1. The Kier molecular flexibility index (Phi) is 8.95. The van der Waals surface area contributed by atoms with E-state index in [1.165, 1.54) is 12.0 Å². The van der Waals surface area contributed by atoms with Gasteiger partial charge in [-0.15, -0.1) is 0 Å². The van der Waals surface area contributed by atoms with E-state index in [-0.39, 0.29) is 6.54 Å². The van der Waals surface area contributed by atoms with Gasteiger partial charge in [0.1, 0.15) is 12.4 Å². The standard InChI is InChI=1S/C34H32Cl2N6O3S/c35-25-13-14-28(29(36)18-25)32-20-41(26-7-4-8-27(19-26)42-21-34(43)40-46(42,44)45)33(39-32)17-22-9-11-24(12-10-22)31(38)16-15-30(37)23-5-2-1-3-6-23/h4-5,7-16,18-20H,1-3,6,17,21,37-38H2,(H,40,43)/b30-15-,31-16-. The molecule has 12 heteroatoms. The lowest BCUT2D eigenvalue weighted by Gasteiger charge is -2.16. The van der Waals surface area contributed by atoms with Crippen molar-refractivity contribution >= 4 is 50.7 Å². The van der Waals surface area contributed by atoms with Crippen molar-refractivity contribution in [2.24, 2.45) is 11.5 Å². The summed E-state index contributed by atoms with van der Waals surface area (Å²) in [4.78, 5) is 16.8. The molecule has 1 aromatic heterocycles. The number of carbonyl (C=O) groups excluding carboxylic acids is 1. The third-order valence-corrected chi connectivity index (χ3v) is 9.91. The molecule has 46 heavy (non-hydrogen) atoms. The van der Waals surface area contributed by atoms with Gasteiger partial charge in [-0.05, 0) is 90.9 Å². The molecule has 1 amide bonds. The van der Waals surface area contributed by atoms with E-state index in [0.29, 0.717) is 50.6 Å². The first-order valence-corrected chi connectivity index (χ1v) is 17.0. The molecular formula is C34H32Cl2N6O3S. The quantitative estimate of drug-likeness (QED) is 0.189. The van der Waals surface area contributed by atoms with Crippen molar-refractivity contribution in [3.63, 3.8) is 0 Å². The number of halogens is 2. The zero-order valence-electron chi connectivity index (χ0n) is 24.8. The normalized spacial score (nSPS) is 16.8. The van der Waals surface area contributed by atoms with E-state index in [1.807, 2.05) is 64.0 Å². The van der Waals surface area contributed by atoms with Crippen molar-refractivity contribution in [2.45, 2.75) is 32.1 Å². The zero-order valence-corrected chi connectivity index (χ0v) is 27.1. The Morgan fingerprint density at radius 3 is 2.41 bits per heavy atom. The van der Waals surface area contributed by atoms with Crippen molar-refractivity contribution in [3.8, 4) is 16.9 Å². The molecule has 0 bridgehead atoms. The van der Waals surface area contributed by atoms with Gasteiger partial charge in [0, 0.05) is 40.3 Å². The van der Waals surface area contributed by atoms with E-state index >= 15 is 0 Å². The Labute approximate surface area is 278 Å². The Morgan fingerprint density at radius 2 is 1.72 bits per heavy atom. The minimum Gasteiger partial charge on any atom is -0.399 e. The average molecular weight is 676 g/mol. The summed E-state index contributed by atoms with van der Waals surface area (Å²) in [5.41, 5.74) is 19.4. The number of anilines is 1. The molecule has 0 spiro atoms. The number of hydrogen-bond donors (Lipinski definition) is 3. The average Bonchev–Trinajstić information content (AvgIpc) is 3.58. The molecule has 0 radical (unpaired) electrons. The number of carbonyl (C=O) groups is 1. The maximum absolute atomic E-state index is 12.5. The van der Waals surface area contributed by atoms with E-state index in [2.05, 4.69) is 6.08 Å². The summed E-state index contributed by atoms with van der Waals surface area (Å²) < 4.78 is 30.0. The van der Waals surface area contributed by atoms with Gasteiger partial charge in [-0.25, -0.2) is 14.0 Å². The second kappa shape index (κ2) is 13.1. The molecule has 1 fully saturated rings. The Hall–Kier alpha value is -4.51. The number of nitrogens with two attached hydrogens (primary N) is 2. The monoisotopic (exact) mass is 674 g/mol. The summed E-state index contributed by atoms with van der Waals surface area (Å²) in [6.45, 7) is -0.293. The largest absolute Gasteiger partial charge is 0.399 e. The van der Waals surface area contributed by atoms with Gasteiger partial charge in [-0.1, -0.05) is 59.6 Å². The molecule has 2 heterocycles. The van der Waals surface area contributed by atoms with Crippen LogP contribution in [0.5, 0.6) is 0 Å². The summed E-state index contributed by atoms with van der Waals surface area (Å²) in [7, 11) is -3.97. The molecular weight excluding hydrogens is 643 g/mol. The van der Waals surface area contributed by atoms with Gasteiger partial charge in [0.25, 0.3) is 5.91 Å². The highest BCUT2D eigenvalue weighted by Crippen LogP contribution is 2.32. The van der Waals surface area contributed by atoms with E-state index in [9.17, 15) is 13.2 Å². The number of nitrogens with zero attached hydrogens (tertiary/aromatic N) is 3. The van der Waals surface area contributed by atoms with Crippen LogP contribution in [-0.2, 0) is 21.4 Å². The van der Waals surface area contributed by atoms with Crippen LogP contribution in [0, 0.1) is 0 Å². The summed E-state index contributed by atoms with van der Waals surface area (Å²) in [5.74, 6) is 0.0952. The van der Waals surface area contributed by atoms with Crippen LogP contribution >= 0.6 is 23.2 Å². The predicted molar refractivity (Wildman–Crippen MR) is 184 cm³/mol. The molecule has 0 unspecified atom stereocenters. The molecule has 3 aromatic carbocycles. The van der Waals surface area contributed by atoms with Gasteiger partial charge >= 0.3 is 10.2 Å².